The maximum atomic E-state index is 10.6. The van der Waals surface area contributed by atoms with Gasteiger partial charge in [0.1, 0.15) is 5.60 Å². The van der Waals surface area contributed by atoms with E-state index >= 15 is 0 Å². The van der Waals surface area contributed by atoms with Crippen molar-refractivity contribution < 1.29 is 14.3 Å². The molecule has 78 valence electrons. The molecule has 0 rings (SSSR count). The van der Waals surface area contributed by atoms with Crippen molar-refractivity contribution in [1.82, 2.24) is 0 Å². The van der Waals surface area contributed by atoms with Crippen molar-refractivity contribution in [2.75, 3.05) is 13.7 Å². The first-order valence-corrected chi connectivity index (χ1v) is 4.51. The highest BCUT2D eigenvalue weighted by Gasteiger charge is 2.27. The third kappa shape index (κ3) is 5.47. The van der Waals surface area contributed by atoms with E-state index in [0.29, 0.717) is 6.61 Å². The minimum atomic E-state index is -0.740. The Bertz CT molecular complexity index is 161. The Morgan fingerprint density at radius 3 is 2.54 bits per heavy atom. The molecule has 0 heterocycles. The van der Waals surface area contributed by atoms with E-state index in [1.807, 2.05) is 6.92 Å². The zero-order chi connectivity index (χ0) is 10.3. The lowest BCUT2D eigenvalue weighted by molar-refractivity contribution is -0.0337. The maximum Gasteiger partial charge on any atom is 0.405 e. The number of nitrogens with two attached hydrogens (primary N) is 1. The van der Waals surface area contributed by atoms with Gasteiger partial charge < -0.3 is 15.2 Å². The molecule has 0 aliphatic carbocycles. The average Bonchev–Trinajstić information content (AvgIpc) is 2.00. The summed E-state index contributed by atoms with van der Waals surface area (Å²) in [7, 11) is 1.58. The van der Waals surface area contributed by atoms with Crippen LogP contribution in [0.4, 0.5) is 4.79 Å². The summed E-state index contributed by atoms with van der Waals surface area (Å²) in [6.07, 6.45) is 2.09. The van der Waals surface area contributed by atoms with Crippen molar-refractivity contribution in [2.45, 2.75) is 38.7 Å². The minimum absolute atomic E-state index is 0.385. The van der Waals surface area contributed by atoms with Crippen molar-refractivity contribution in [3.63, 3.8) is 0 Å². The molecule has 0 aromatic heterocycles. The molecule has 1 amide bonds. The lowest BCUT2D eigenvalue weighted by Crippen LogP contribution is -2.38. The summed E-state index contributed by atoms with van der Waals surface area (Å²) in [6, 6.07) is 0. The Morgan fingerprint density at radius 1 is 1.54 bits per heavy atom. The second-order valence-corrected chi connectivity index (χ2v) is 3.41. The van der Waals surface area contributed by atoms with E-state index in [0.717, 1.165) is 19.3 Å². The number of carbonyl (C=O) groups excluding carboxylic acids is 1. The van der Waals surface area contributed by atoms with E-state index in [-0.39, 0.29) is 0 Å². The quantitative estimate of drug-likeness (QED) is 0.691. The molecule has 0 fully saturated rings. The van der Waals surface area contributed by atoms with Gasteiger partial charge in [0, 0.05) is 7.11 Å². The van der Waals surface area contributed by atoms with Crippen LogP contribution in [0.25, 0.3) is 0 Å². The summed E-state index contributed by atoms with van der Waals surface area (Å²) in [6.45, 7) is 4.30. The fourth-order valence-corrected chi connectivity index (χ4v) is 1.25. The molecule has 1 atom stereocenters. The Morgan fingerprint density at radius 2 is 2.15 bits per heavy atom. The van der Waals surface area contributed by atoms with Gasteiger partial charge in [0.2, 0.25) is 0 Å². The van der Waals surface area contributed by atoms with Gasteiger partial charge in [-0.3, -0.25) is 0 Å². The van der Waals surface area contributed by atoms with Crippen LogP contribution in [0.5, 0.6) is 0 Å². The van der Waals surface area contributed by atoms with E-state index < -0.39 is 11.7 Å². The zero-order valence-corrected chi connectivity index (χ0v) is 8.63. The van der Waals surface area contributed by atoms with Crippen molar-refractivity contribution in [3.05, 3.63) is 0 Å². The highest BCUT2D eigenvalue weighted by Crippen LogP contribution is 2.18. The van der Waals surface area contributed by atoms with Gasteiger partial charge in [0.05, 0.1) is 6.61 Å². The number of rotatable bonds is 6. The van der Waals surface area contributed by atoms with Gasteiger partial charge in [-0.15, -0.1) is 0 Å². The van der Waals surface area contributed by atoms with E-state index in [2.05, 4.69) is 6.92 Å². The van der Waals surface area contributed by atoms with Crippen LogP contribution in [-0.2, 0) is 9.47 Å². The van der Waals surface area contributed by atoms with Crippen LogP contribution < -0.4 is 5.73 Å². The van der Waals surface area contributed by atoms with Gasteiger partial charge in [-0.25, -0.2) is 4.79 Å². The number of amides is 1. The summed E-state index contributed by atoms with van der Waals surface area (Å²) < 4.78 is 9.97. The van der Waals surface area contributed by atoms with Crippen molar-refractivity contribution in [2.24, 2.45) is 5.73 Å². The monoisotopic (exact) mass is 189 g/mol. The van der Waals surface area contributed by atoms with E-state index in [1.165, 1.54) is 0 Å². The van der Waals surface area contributed by atoms with Gasteiger partial charge >= 0.3 is 6.09 Å². The van der Waals surface area contributed by atoms with Gasteiger partial charge in [-0.05, 0) is 19.8 Å². The number of hydrogen-bond acceptors (Lipinski definition) is 3. The second kappa shape index (κ2) is 5.80. The molecule has 0 radical (unpaired) electrons. The molecule has 0 aromatic carbocycles. The third-order valence-corrected chi connectivity index (χ3v) is 1.86. The van der Waals surface area contributed by atoms with E-state index in [9.17, 15) is 4.79 Å². The van der Waals surface area contributed by atoms with Crippen LogP contribution in [0.3, 0.4) is 0 Å². The molecule has 4 heteroatoms. The summed E-state index contributed by atoms with van der Waals surface area (Å²) in [4.78, 5) is 10.6. The summed E-state index contributed by atoms with van der Waals surface area (Å²) >= 11 is 0. The Balaban J connectivity index is 4.06. The summed E-state index contributed by atoms with van der Waals surface area (Å²) in [5.41, 5.74) is 4.39. The summed E-state index contributed by atoms with van der Waals surface area (Å²) in [5, 5.41) is 0. The van der Waals surface area contributed by atoms with Gasteiger partial charge in [-0.1, -0.05) is 13.3 Å². The average molecular weight is 189 g/mol. The number of carbonyl (C=O) groups is 1. The molecule has 2 N–H and O–H groups in total. The van der Waals surface area contributed by atoms with Gasteiger partial charge in [0.15, 0.2) is 0 Å². The first kappa shape index (κ1) is 12.2. The minimum Gasteiger partial charge on any atom is -0.441 e. The Hall–Kier alpha value is -0.770. The number of primary amides is 1. The normalized spacial score (nSPS) is 15.0. The number of unbranched alkanes of at least 4 members (excludes halogenated alkanes) is 1. The highest BCUT2D eigenvalue weighted by molar-refractivity contribution is 5.65. The third-order valence-electron chi connectivity index (χ3n) is 1.86. The molecule has 13 heavy (non-hydrogen) atoms. The van der Waals surface area contributed by atoms with Crippen LogP contribution in [-0.4, -0.2) is 25.4 Å². The molecule has 0 aliphatic heterocycles. The first-order chi connectivity index (χ1) is 6.04. The van der Waals surface area contributed by atoms with E-state index in [4.69, 9.17) is 15.2 Å². The molecule has 0 aromatic rings. The lowest BCUT2D eigenvalue weighted by Gasteiger charge is -2.27. The van der Waals surface area contributed by atoms with Crippen LogP contribution in [0.2, 0.25) is 0 Å². The predicted molar refractivity (Wildman–Crippen MR) is 50.5 cm³/mol. The largest absolute Gasteiger partial charge is 0.441 e. The number of ether oxygens (including phenoxy) is 2. The molecule has 0 aliphatic rings. The molecule has 0 unspecified atom stereocenters. The predicted octanol–water partition coefficient (Wildman–Crippen LogP) is 1.68. The molecule has 4 nitrogen and oxygen atoms in total. The topological polar surface area (TPSA) is 61.6 Å². The standard InChI is InChI=1S/C9H19NO3/c1-4-5-6-9(2,7-12-3)13-8(10)11/h4-7H2,1-3H3,(H2,10,11)/t9-/m1/s1. The smallest absolute Gasteiger partial charge is 0.405 e. The Labute approximate surface area is 79.4 Å². The first-order valence-electron chi connectivity index (χ1n) is 4.51. The lowest BCUT2D eigenvalue weighted by atomic mass is 10.00. The van der Waals surface area contributed by atoms with Crippen molar-refractivity contribution in [1.29, 1.82) is 0 Å². The molecule has 0 spiro atoms. The SMILES string of the molecule is CCCC[C@](C)(COC)OC(N)=O. The van der Waals surface area contributed by atoms with Gasteiger partial charge in [0.25, 0.3) is 0 Å². The Kier molecular flexibility index (Phi) is 5.46. The van der Waals surface area contributed by atoms with Gasteiger partial charge in [-0.2, -0.15) is 0 Å². The zero-order valence-electron chi connectivity index (χ0n) is 8.63. The van der Waals surface area contributed by atoms with Crippen LogP contribution in [0, 0.1) is 0 Å². The fraction of sp³-hybridized carbons (Fsp3) is 0.889. The highest BCUT2D eigenvalue weighted by atomic mass is 16.6. The molecular weight excluding hydrogens is 170 g/mol. The van der Waals surface area contributed by atoms with Crippen molar-refractivity contribution in [3.8, 4) is 0 Å². The number of hydrogen-bond donors (Lipinski definition) is 1. The van der Waals surface area contributed by atoms with Crippen LogP contribution >= 0.6 is 0 Å². The second-order valence-electron chi connectivity index (χ2n) is 3.41. The molecule has 0 bridgehead atoms. The number of methoxy groups -OCH3 is 1. The van der Waals surface area contributed by atoms with E-state index in [1.54, 1.807) is 7.11 Å². The van der Waals surface area contributed by atoms with Crippen molar-refractivity contribution >= 4 is 6.09 Å². The molecular formula is C9H19NO3. The van der Waals surface area contributed by atoms with Crippen LogP contribution in [0.15, 0.2) is 0 Å². The van der Waals surface area contributed by atoms with Crippen LogP contribution in [0.1, 0.15) is 33.1 Å². The summed E-state index contributed by atoms with van der Waals surface area (Å²) in [5.74, 6) is 0. The fourth-order valence-electron chi connectivity index (χ4n) is 1.25. The molecule has 0 saturated heterocycles. The maximum absolute atomic E-state index is 10.6. The molecule has 0 saturated carbocycles.